The van der Waals surface area contributed by atoms with Crippen LogP contribution in [-0.4, -0.2) is 58.3 Å². The number of rotatable bonds is 9. The van der Waals surface area contributed by atoms with Crippen molar-refractivity contribution in [3.8, 4) is 0 Å². The van der Waals surface area contributed by atoms with Gasteiger partial charge in [0.25, 0.3) is 0 Å². The second kappa shape index (κ2) is 9.78. The zero-order chi connectivity index (χ0) is 24.4. The number of Topliss-reactive ketones (excluding diaryl/α,β-unsaturated/α-hetero) is 1. The van der Waals surface area contributed by atoms with E-state index in [9.17, 15) is 26.4 Å². The van der Waals surface area contributed by atoms with E-state index in [0.29, 0.717) is 24.1 Å². The lowest BCUT2D eigenvalue weighted by molar-refractivity contribution is -0.142. The molecule has 0 bridgehead atoms. The summed E-state index contributed by atoms with van der Waals surface area (Å²) >= 11 is 0. The molecule has 0 aliphatic carbocycles. The number of nitrogens with one attached hydrogen (secondary N) is 1. The number of hydrogen-bond acceptors (Lipinski definition) is 7. The van der Waals surface area contributed by atoms with Crippen LogP contribution in [0.5, 0.6) is 0 Å². The average molecular weight is 497 g/mol. The quantitative estimate of drug-likeness (QED) is 0.413. The van der Waals surface area contributed by atoms with Crippen molar-refractivity contribution < 1.29 is 31.2 Å². The van der Waals surface area contributed by atoms with E-state index in [1.165, 1.54) is 19.2 Å². The molecule has 180 valence electrons. The first kappa shape index (κ1) is 25.1. The lowest BCUT2D eigenvalue weighted by Crippen LogP contribution is -2.18. The molecule has 0 radical (unpaired) electrons. The van der Waals surface area contributed by atoms with E-state index in [2.05, 4.69) is 4.72 Å². The van der Waals surface area contributed by atoms with Gasteiger partial charge in [-0.1, -0.05) is 12.1 Å². The van der Waals surface area contributed by atoms with Gasteiger partial charge in [-0.15, -0.1) is 0 Å². The van der Waals surface area contributed by atoms with E-state index >= 15 is 0 Å². The van der Waals surface area contributed by atoms with Crippen LogP contribution in [-0.2, 0) is 35.8 Å². The van der Waals surface area contributed by atoms with E-state index in [-0.39, 0.29) is 34.6 Å². The molecule has 0 saturated carbocycles. The standard InChI is InChI=1S/C22H28N2O7S2/c1-15-12-20(16(2)24(15)18-10-11-32(27,28)14-18)21(25)13-31-22(26)9-6-17-4-7-19(8-5-17)33(29,30)23-3/h4-5,7-8,12,18,23H,6,9-11,13-14H2,1-3H3. The highest BCUT2D eigenvalue weighted by molar-refractivity contribution is 7.91. The molecular weight excluding hydrogens is 468 g/mol. The van der Waals surface area contributed by atoms with Crippen molar-refractivity contribution in [2.45, 2.75) is 44.0 Å². The summed E-state index contributed by atoms with van der Waals surface area (Å²) in [5.41, 5.74) is 2.66. The van der Waals surface area contributed by atoms with Crippen LogP contribution < -0.4 is 4.72 Å². The Balaban J connectivity index is 1.55. The van der Waals surface area contributed by atoms with E-state index in [1.807, 2.05) is 11.5 Å². The SMILES string of the molecule is CNS(=O)(=O)c1ccc(CCC(=O)OCC(=O)c2cc(C)n(C3CCS(=O)(=O)C3)c2C)cc1. The van der Waals surface area contributed by atoms with E-state index in [1.54, 1.807) is 25.1 Å². The lowest BCUT2D eigenvalue weighted by atomic mass is 10.1. The zero-order valence-electron chi connectivity index (χ0n) is 18.8. The molecule has 1 aromatic heterocycles. The average Bonchev–Trinajstić information content (AvgIpc) is 3.28. The third-order valence-corrected chi connectivity index (χ3v) is 9.02. The second-order valence-electron chi connectivity index (χ2n) is 8.15. The summed E-state index contributed by atoms with van der Waals surface area (Å²) in [6.07, 6.45) is 0.908. The highest BCUT2D eigenvalue weighted by Crippen LogP contribution is 2.29. The molecule has 1 aliphatic rings. The third kappa shape index (κ3) is 5.90. The maximum atomic E-state index is 12.6. The number of sulfone groups is 1. The van der Waals surface area contributed by atoms with E-state index < -0.39 is 32.4 Å². The fourth-order valence-corrected chi connectivity index (χ4v) is 6.53. The maximum Gasteiger partial charge on any atom is 0.306 e. The van der Waals surface area contributed by atoms with Gasteiger partial charge in [0.1, 0.15) is 0 Å². The number of carbonyl (C=O) groups excluding carboxylic acids is 2. The molecule has 1 fully saturated rings. The summed E-state index contributed by atoms with van der Waals surface area (Å²) in [6.45, 7) is 3.20. The fraction of sp³-hybridized carbons (Fsp3) is 0.455. The minimum absolute atomic E-state index is 0.0460. The number of esters is 1. The van der Waals surface area contributed by atoms with Gasteiger partial charge in [0, 0.05) is 29.4 Å². The minimum atomic E-state index is -3.52. The minimum Gasteiger partial charge on any atom is -0.457 e. The highest BCUT2D eigenvalue weighted by atomic mass is 32.2. The summed E-state index contributed by atoms with van der Waals surface area (Å²) in [5, 5.41) is 0. The van der Waals surface area contributed by atoms with Crippen molar-refractivity contribution in [2.75, 3.05) is 25.2 Å². The Morgan fingerprint density at radius 1 is 1.18 bits per heavy atom. The summed E-state index contributed by atoms with van der Waals surface area (Å²) in [6, 6.07) is 7.69. The largest absolute Gasteiger partial charge is 0.457 e. The van der Waals surface area contributed by atoms with Crippen LogP contribution in [0.25, 0.3) is 0 Å². The van der Waals surface area contributed by atoms with Crippen LogP contribution in [0.15, 0.2) is 35.2 Å². The number of aryl methyl sites for hydroxylation is 2. The molecule has 2 aromatic rings. The van der Waals surface area contributed by atoms with Gasteiger partial charge in [-0.2, -0.15) is 0 Å². The molecule has 2 heterocycles. The Morgan fingerprint density at radius 2 is 1.85 bits per heavy atom. The molecule has 1 aliphatic heterocycles. The number of ketones is 1. The van der Waals surface area contributed by atoms with Gasteiger partial charge in [-0.3, -0.25) is 9.59 Å². The third-order valence-electron chi connectivity index (χ3n) is 5.84. The molecule has 11 heteroatoms. The van der Waals surface area contributed by atoms with Crippen molar-refractivity contribution >= 4 is 31.6 Å². The van der Waals surface area contributed by atoms with Gasteiger partial charge in [-0.25, -0.2) is 21.6 Å². The molecule has 0 spiro atoms. The molecule has 1 aromatic carbocycles. The van der Waals surface area contributed by atoms with Crippen molar-refractivity contribution in [2.24, 2.45) is 0 Å². The highest BCUT2D eigenvalue weighted by Gasteiger charge is 2.31. The van der Waals surface area contributed by atoms with Crippen LogP contribution >= 0.6 is 0 Å². The van der Waals surface area contributed by atoms with Gasteiger partial charge in [-0.05, 0) is 57.5 Å². The summed E-state index contributed by atoms with van der Waals surface area (Å²) in [4.78, 5) is 24.9. The first-order chi connectivity index (χ1) is 15.4. The number of carbonyl (C=O) groups is 2. The zero-order valence-corrected chi connectivity index (χ0v) is 20.5. The summed E-state index contributed by atoms with van der Waals surface area (Å²) in [5.74, 6) is -0.673. The van der Waals surface area contributed by atoms with Crippen LogP contribution in [0.4, 0.5) is 0 Å². The van der Waals surface area contributed by atoms with Gasteiger partial charge < -0.3 is 9.30 Å². The summed E-state index contributed by atoms with van der Waals surface area (Å²) in [7, 11) is -5.24. The fourth-order valence-electron chi connectivity index (χ4n) is 4.10. The Kier molecular flexibility index (Phi) is 7.45. The predicted molar refractivity (Wildman–Crippen MR) is 123 cm³/mol. The van der Waals surface area contributed by atoms with E-state index in [0.717, 1.165) is 11.3 Å². The lowest BCUT2D eigenvalue weighted by Gasteiger charge is -2.16. The molecule has 1 unspecified atom stereocenters. The van der Waals surface area contributed by atoms with Crippen LogP contribution in [0.2, 0.25) is 0 Å². The maximum absolute atomic E-state index is 12.6. The molecule has 0 amide bonds. The van der Waals surface area contributed by atoms with Gasteiger partial charge in [0.2, 0.25) is 15.8 Å². The number of ether oxygens (including phenoxy) is 1. The molecular formula is C22H28N2O7S2. The Bertz CT molecular complexity index is 1260. The molecule has 1 atom stereocenters. The Labute approximate surface area is 194 Å². The van der Waals surface area contributed by atoms with Crippen LogP contribution in [0.1, 0.15) is 46.2 Å². The van der Waals surface area contributed by atoms with Crippen molar-refractivity contribution in [3.63, 3.8) is 0 Å². The van der Waals surface area contributed by atoms with Crippen molar-refractivity contribution in [3.05, 3.63) is 52.8 Å². The first-order valence-corrected chi connectivity index (χ1v) is 13.8. The van der Waals surface area contributed by atoms with E-state index in [4.69, 9.17) is 4.74 Å². The smallest absolute Gasteiger partial charge is 0.306 e. The second-order valence-corrected chi connectivity index (χ2v) is 12.3. The Morgan fingerprint density at radius 3 is 2.42 bits per heavy atom. The van der Waals surface area contributed by atoms with Crippen molar-refractivity contribution in [1.29, 1.82) is 0 Å². The van der Waals surface area contributed by atoms with Crippen molar-refractivity contribution in [1.82, 2.24) is 9.29 Å². The van der Waals surface area contributed by atoms with Gasteiger partial charge in [0.05, 0.1) is 16.4 Å². The van der Waals surface area contributed by atoms with Crippen LogP contribution in [0, 0.1) is 13.8 Å². The number of aromatic nitrogens is 1. The number of sulfonamides is 1. The van der Waals surface area contributed by atoms with Crippen LogP contribution in [0.3, 0.4) is 0 Å². The summed E-state index contributed by atoms with van der Waals surface area (Å²) < 4.78 is 56.4. The first-order valence-electron chi connectivity index (χ1n) is 10.5. The van der Waals surface area contributed by atoms with Gasteiger partial charge >= 0.3 is 5.97 Å². The predicted octanol–water partition coefficient (Wildman–Crippen LogP) is 1.73. The number of hydrogen-bond donors (Lipinski definition) is 1. The molecule has 1 N–H and O–H groups in total. The Hall–Kier alpha value is -2.50. The topological polar surface area (TPSA) is 129 Å². The van der Waals surface area contributed by atoms with Gasteiger partial charge in [0.15, 0.2) is 16.4 Å². The molecule has 33 heavy (non-hydrogen) atoms. The monoisotopic (exact) mass is 496 g/mol. The molecule has 9 nitrogen and oxygen atoms in total. The number of benzene rings is 1. The normalized spacial score (nSPS) is 17.7. The number of nitrogens with zero attached hydrogens (tertiary/aromatic N) is 1. The molecule has 3 rings (SSSR count). The molecule has 1 saturated heterocycles.